The Balaban J connectivity index is 1.54. The van der Waals surface area contributed by atoms with E-state index in [1.54, 1.807) is 50.6 Å². The number of methoxy groups -OCH3 is 1. The summed E-state index contributed by atoms with van der Waals surface area (Å²) in [6.07, 6.45) is 1.51. The summed E-state index contributed by atoms with van der Waals surface area (Å²) >= 11 is 4.80. The summed E-state index contributed by atoms with van der Waals surface area (Å²) in [5, 5.41) is 12.1. The van der Waals surface area contributed by atoms with E-state index in [2.05, 4.69) is 20.5 Å². The van der Waals surface area contributed by atoms with Crippen molar-refractivity contribution in [3.05, 3.63) is 135 Å². The Hall–Kier alpha value is -4.81. The van der Waals surface area contributed by atoms with Crippen LogP contribution in [-0.2, 0) is 16.1 Å². The first-order valence-electron chi connectivity index (χ1n) is 14.9. The van der Waals surface area contributed by atoms with Crippen molar-refractivity contribution in [2.45, 2.75) is 46.4 Å². The molecule has 1 atom stereocenters. The molecule has 0 radical (unpaired) electrons. The molecule has 6 rings (SSSR count). The number of para-hydroxylation sites is 1. The normalized spacial score (nSPS) is 14.8. The van der Waals surface area contributed by atoms with Gasteiger partial charge in [-0.25, -0.2) is 9.79 Å². The number of hydrogen-bond donors (Lipinski definition) is 0. The fourth-order valence-corrected chi connectivity index (χ4v) is 7.36. The van der Waals surface area contributed by atoms with Gasteiger partial charge in [0, 0.05) is 50.9 Å². The number of nitrogens with zero attached hydrogens (tertiary/aromatic N) is 4. The highest BCUT2D eigenvalue weighted by molar-refractivity contribution is 9.10. The Morgan fingerprint density at radius 1 is 1.13 bits per heavy atom. The average Bonchev–Trinajstić information content (AvgIpc) is 3.48. The van der Waals surface area contributed by atoms with Gasteiger partial charge in [0.15, 0.2) is 4.80 Å². The van der Waals surface area contributed by atoms with E-state index >= 15 is 0 Å². The second-order valence-corrected chi connectivity index (χ2v) is 13.4. The van der Waals surface area contributed by atoms with Crippen LogP contribution in [-0.4, -0.2) is 33.2 Å². The molecule has 0 saturated carbocycles. The van der Waals surface area contributed by atoms with Gasteiger partial charge >= 0.3 is 5.97 Å². The predicted molar refractivity (Wildman–Crippen MR) is 185 cm³/mol. The lowest BCUT2D eigenvalue weighted by molar-refractivity contribution is -0.384. The van der Waals surface area contributed by atoms with Gasteiger partial charge in [-0.15, -0.1) is 0 Å². The molecule has 0 unspecified atom stereocenters. The van der Waals surface area contributed by atoms with E-state index in [4.69, 9.17) is 14.5 Å². The van der Waals surface area contributed by atoms with Crippen LogP contribution in [0.4, 0.5) is 5.69 Å². The summed E-state index contributed by atoms with van der Waals surface area (Å²) in [7, 11) is 1.55. The molecule has 240 valence electrons. The average molecular weight is 716 g/mol. The van der Waals surface area contributed by atoms with Gasteiger partial charge < -0.3 is 14.0 Å². The van der Waals surface area contributed by atoms with Crippen molar-refractivity contribution in [1.82, 2.24) is 9.13 Å². The molecule has 10 nitrogen and oxygen atoms in total. The minimum atomic E-state index is -0.836. The number of thiazole rings is 1. The number of allylic oxidation sites excluding steroid dienone is 1. The van der Waals surface area contributed by atoms with Crippen LogP contribution in [0.3, 0.4) is 0 Å². The number of aromatic nitrogens is 2. The fraction of sp³-hybridized carbons (Fsp3) is 0.229. The zero-order chi connectivity index (χ0) is 33.6. The van der Waals surface area contributed by atoms with Gasteiger partial charge in [0.2, 0.25) is 0 Å². The van der Waals surface area contributed by atoms with E-state index in [0.29, 0.717) is 32.9 Å². The third-order valence-corrected chi connectivity index (χ3v) is 9.59. The van der Waals surface area contributed by atoms with Crippen molar-refractivity contribution in [2.75, 3.05) is 7.11 Å². The lowest BCUT2D eigenvalue weighted by Gasteiger charge is -2.26. The van der Waals surface area contributed by atoms with E-state index in [9.17, 15) is 19.7 Å². The monoisotopic (exact) mass is 714 g/mol. The number of rotatable bonds is 8. The number of hydrogen-bond acceptors (Lipinski definition) is 8. The molecule has 0 fully saturated rings. The minimum absolute atomic E-state index is 0.0357. The van der Waals surface area contributed by atoms with E-state index in [0.717, 1.165) is 32.2 Å². The van der Waals surface area contributed by atoms with Crippen molar-refractivity contribution in [1.29, 1.82) is 0 Å². The molecule has 0 bridgehead atoms. The molecule has 1 aliphatic rings. The molecule has 2 aromatic heterocycles. The standard InChI is InChI=1S/C35H31BrN4O6S/c1-19(2)46-34(42)31-20(3)37-35-39(32(31)27-16-23(36)12-15-29(27)45-5)33(41)30(47-35)17-26-21(4)38(28-9-7-6-8-25(26)28)18-22-10-13-24(14-11-22)40(43)44/h6-17,19,32H,18H2,1-5H3/b30-17-/t32-/m0/s1. The highest BCUT2D eigenvalue weighted by Crippen LogP contribution is 2.37. The largest absolute Gasteiger partial charge is 0.496 e. The van der Waals surface area contributed by atoms with Crippen LogP contribution in [0.15, 0.2) is 92.3 Å². The number of ether oxygens (including phenoxy) is 2. The number of fused-ring (bicyclic) bond motifs is 2. The van der Waals surface area contributed by atoms with Gasteiger partial charge in [0.05, 0.1) is 33.9 Å². The minimum Gasteiger partial charge on any atom is -0.496 e. The van der Waals surface area contributed by atoms with Gasteiger partial charge in [0.25, 0.3) is 11.2 Å². The number of non-ortho nitro benzene ring substituents is 1. The second-order valence-electron chi connectivity index (χ2n) is 11.4. The number of benzene rings is 3. The molecule has 3 aromatic carbocycles. The first kappa shape index (κ1) is 32.1. The topological polar surface area (TPSA) is 118 Å². The smallest absolute Gasteiger partial charge is 0.338 e. The SMILES string of the molecule is COc1ccc(Br)cc1[C@H]1C(C(=O)OC(C)C)=C(C)N=c2s/c(=C\c3c(C)n(Cc4ccc([N+](=O)[O-])cc4)c4ccccc34)c(=O)n21. The van der Waals surface area contributed by atoms with Crippen LogP contribution < -0.4 is 19.6 Å². The van der Waals surface area contributed by atoms with Crippen molar-refractivity contribution >= 4 is 55.9 Å². The van der Waals surface area contributed by atoms with Crippen LogP contribution in [0, 0.1) is 17.0 Å². The zero-order valence-corrected chi connectivity index (χ0v) is 28.7. The summed E-state index contributed by atoms with van der Waals surface area (Å²) in [5.74, 6) is -0.0322. The number of halogens is 1. The van der Waals surface area contributed by atoms with Gasteiger partial charge in [-0.3, -0.25) is 19.5 Å². The summed E-state index contributed by atoms with van der Waals surface area (Å²) < 4.78 is 16.3. The summed E-state index contributed by atoms with van der Waals surface area (Å²) in [5.41, 5.74) is 4.77. The molecular formula is C35H31BrN4O6S. The summed E-state index contributed by atoms with van der Waals surface area (Å²) in [6.45, 7) is 7.79. The molecule has 1 aliphatic heterocycles. The quantitative estimate of drug-likeness (QED) is 0.108. The van der Waals surface area contributed by atoms with E-state index in [-0.39, 0.29) is 22.9 Å². The van der Waals surface area contributed by atoms with Crippen LogP contribution in [0.25, 0.3) is 17.0 Å². The summed E-state index contributed by atoms with van der Waals surface area (Å²) in [4.78, 5) is 43.9. The highest BCUT2D eigenvalue weighted by atomic mass is 79.9. The molecule has 3 heterocycles. The van der Waals surface area contributed by atoms with Gasteiger partial charge in [-0.05, 0) is 63.6 Å². The third kappa shape index (κ3) is 5.94. The molecule has 12 heteroatoms. The Morgan fingerprint density at radius 3 is 2.53 bits per heavy atom. The molecule has 0 saturated heterocycles. The third-order valence-electron chi connectivity index (χ3n) is 8.11. The summed E-state index contributed by atoms with van der Waals surface area (Å²) in [6, 6.07) is 19.1. The van der Waals surface area contributed by atoms with Crippen molar-refractivity contribution < 1.29 is 19.2 Å². The van der Waals surface area contributed by atoms with E-state index < -0.39 is 16.9 Å². The molecule has 0 spiro atoms. The van der Waals surface area contributed by atoms with Crippen LogP contribution in [0.5, 0.6) is 5.75 Å². The Morgan fingerprint density at radius 2 is 1.85 bits per heavy atom. The maximum absolute atomic E-state index is 14.4. The number of nitro groups is 1. The maximum atomic E-state index is 14.4. The van der Waals surface area contributed by atoms with Gasteiger partial charge in [0.1, 0.15) is 11.8 Å². The number of esters is 1. The van der Waals surface area contributed by atoms with Crippen LogP contribution >= 0.6 is 27.3 Å². The van der Waals surface area contributed by atoms with Gasteiger partial charge in [-0.2, -0.15) is 0 Å². The molecule has 0 aliphatic carbocycles. The number of carbonyl (C=O) groups is 1. The first-order valence-corrected chi connectivity index (χ1v) is 16.5. The Kier molecular flexibility index (Phi) is 8.73. The fourth-order valence-electron chi connectivity index (χ4n) is 5.95. The lowest BCUT2D eigenvalue weighted by atomic mass is 9.95. The zero-order valence-electron chi connectivity index (χ0n) is 26.3. The van der Waals surface area contributed by atoms with Crippen molar-refractivity contribution in [3.8, 4) is 5.75 Å². The Bertz CT molecular complexity index is 2280. The lowest BCUT2D eigenvalue weighted by Crippen LogP contribution is -2.40. The van der Waals surface area contributed by atoms with E-state index in [1.807, 2.05) is 49.4 Å². The van der Waals surface area contributed by atoms with Crippen LogP contribution in [0.1, 0.15) is 49.2 Å². The van der Waals surface area contributed by atoms with Crippen molar-refractivity contribution in [3.63, 3.8) is 0 Å². The first-order chi connectivity index (χ1) is 22.5. The Labute approximate surface area is 282 Å². The molecule has 5 aromatic rings. The number of nitro benzene ring substituents is 1. The maximum Gasteiger partial charge on any atom is 0.338 e. The second kappa shape index (κ2) is 12.8. The molecule has 0 N–H and O–H groups in total. The van der Waals surface area contributed by atoms with Crippen LogP contribution in [0.2, 0.25) is 0 Å². The van der Waals surface area contributed by atoms with Gasteiger partial charge in [-0.1, -0.05) is 57.6 Å². The predicted octanol–water partition coefficient (Wildman–Crippen LogP) is 6.18. The molecular weight excluding hydrogens is 684 g/mol. The molecule has 47 heavy (non-hydrogen) atoms. The number of carbonyl (C=O) groups excluding carboxylic acids is 1. The highest BCUT2D eigenvalue weighted by Gasteiger charge is 2.35. The van der Waals surface area contributed by atoms with Crippen molar-refractivity contribution in [2.24, 2.45) is 4.99 Å². The van der Waals surface area contributed by atoms with E-state index in [1.165, 1.54) is 23.5 Å². The molecule has 0 amide bonds.